The first-order valence-corrected chi connectivity index (χ1v) is 8.37. The molecule has 7 heteroatoms. The van der Waals surface area contributed by atoms with Gasteiger partial charge in [-0.05, 0) is 29.8 Å². The van der Waals surface area contributed by atoms with E-state index in [1.807, 2.05) is 6.20 Å². The SMILES string of the molecule is Cn1cc(CNc2cc(S(C)(=O)=O)ccc2Cl)cc1C#N. The van der Waals surface area contributed by atoms with E-state index in [1.54, 1.807) is 23.7 Å². The van der Waals surface area contributed by atoms with Crippen LogP contribution in [-0.4, -0.2) is 19.2 Å². The minimum absolute atomic E-state index is 0.208. The number of halogens is 1. The van der Waals surface area contributed by atoms with Gasteiger partial charge in [-0.1, -0.05) is 11.6 Å². The molecule has 110 valence electrons. The quantitative estimate of drug-likeness (QED) is 0.938. The molecular weight excluding hydrogens is 310 g/mol. The van der Waals surface area contributed by atoms with Crippen molar-refractivity contribution in [3.8, 4) is 6.07 Å². The molecule has 0 radical (unpaired) electrons. The second-order valence-corrected chi connectivity index (χ2v) is 7.15. The predicted molar refractivity (Wildman–Crippen MR) is 82.0 cm³/mol. The first-order chi connectivity index (χ1) is 9.81. The lowest BCUT2D eigenvalue weighted by Gasteiger charge is -2.09. The topological polar surface area (TPSA) is 74.9 Å². The number of sulfone groups is 1. The maximum atomic E-state index is 11.5. The lowest BCUT2D eigenvalue weighted by atomic mass is 10.2. The summed E-state index contributed by atoms with van der Waals surface area (Å²) in [5, 5.41) is 12.4. The highest BCUT2D eigenvalue weighted by Crippen LogP contribution is 2.25. The summed E-state index contributed by atoms with van der Waals surface area (Å²) in [6.07, 6.45) is 2.98. The summed E-state index contributed by atoms with van der Waals surface area (Å²) < 4.78 is 24.8. The van der Waals surface area contributed by atoms with Gasteiger partial charge in [0.2, 0.25) is 0 Å². The number of nitriles is 1. The van der Waals surface area contributed by atoms with Gasteiger partial charge in [0.05, 0.1) is 15.6 Å². The molecule has 2 aromatic rings. The molecule has 0 aliphatic heterocycles. The molecule has 1 aromatic carbocycles. The highest BCUT2D eigenvalue weighted by Gasteiger charge is 2.10. The van der Waals surface area contributed by atoms with Crippen molar-refractivity contribution in [3.05, 3.63) is 46.7 Å². The third-order valence-corrected chi connectivity index (χ3v) is 4.46. The van der Waals surface area contributed by atoms with E-state index in [4.69, 9.17) is 16.9 Å². The molecule has 0 bridgehead atoms. The zero-order valence-electron chi connectivity index (χ0n) is 11.6. The summed E-state index contributed by atoms with van der Waals surface area (Å²) >= 11 is 6.06. The van der Waals surface area contributed by atoms with Crippen LogP contribution >= 0.6 is 11.6 Å². The standard InChI is InChI=1S/C14H14ClN3O2S/c1-18-9-10(5-11(18)7-16)8-17-14-6-12(21(2,19)20)3-4-13(14)15/h3-6,9,17H,8H2,1-2H3. The molecular formula is C14H14ClN3O2S. The van der Waals surface area contributed by atoms with Crippen LogP contribution in [-0.2, 0) is 23.4 Å². The van der Waals surface area contributed by atoms with E-state index in [0.29, 0.717) is 22.9 Å². The van der Waals surface area contributed by atoms with Crippen molar-refractivity contribution < 1.29 is 8.42 Å². The highest BCUT2D eigenvalue weighted by atomic mass is 35.5. The summed E-state index contributed by atoms with van der Waals surface area (Å²) in [6, 6.07) is 8.37. The van der Waals surface area contributed by atoms with E-state index < -0.39 is 9.84 Å². The van der Waals surface area contributed by atoms with Crippen LogP contribution in [0.5, 0.6) is 0 Å². The van der Waals surface area contributed by atoms with Gasteiger partial charge in [-0.3, -0.25) is 0 Å². The Morgan fingerprint density at radius 3 is 2.67 bits per heavy atom. The van der Waals surface area contributed by atoms with Crippen molar-refractivity contribution in [1.82, 2.24) is 4.57 Å². The second kappa shape index (κ2) is 5.80. The van der Waals surface area contributed by atoms with E-state index in [9.17, 15) is 8.42 Å². The van der Waals surface area contributed by atoms with Crippen molar-refractivity contribution in [3.63, 3.8) is 0 Å². The number of aryl methyl sites for hydroxylation is 1. The monoisotopic (exact) mass is 323 g/mol. The summed E-state index contributed by atoms with van der Waals surface area (Å²) in [7, 11) is -1.49. The van der Waals surface area contributed by atoms with Gasteiger partial charge in [0, 0.05) is 26.0 Å². The van der Waals surface area contributed by atoms with E-state index in [0.717, 1.165) is 11.8 Å². The van der Waals surface area contributed by atoms with E-state index in [1.165, 1.54) is 12.1 Å². The van der Waals surface area contributed by atoms with Crippen LogP contribution in [0, 0.1) is 11.3 Å². The van der Waals surface area contributed by atoms with Crippen LogP contribution in [0.2, 0.25) is 5.02 Å². The number of benzene rings is 1. The molecule has 1 aromatic heterocycles. The first-order valence-electron chi connectivity index (χ1n) is 6.10. The summed E-state index contributed by atoms with van der Waals surface area (Å²) in [5.41, 5.74) is 2.01. The molecule has 0 fully saturated rings. The van der Waals surface area contributed by atoms with E-state index in [2.05, 4.69) is 11.4 Å². The molecule has 0 spiro atoms. The van der Waals surface area contributed by atoms with Crippen molar-refractivity contribution in [2.24, 2.45) is 7.05 Å². The molecule has 5 nitrogen and oxygen atoms in total. The Morgan fingerprint density at radius 2 is 2.10 bits per heavy atom. The molecule has 2 rings (SSSR count). The van der Waals surface area contributed by atoms with Gasteiger partial charge in [-0.15, -0.1) is 0 Å². The smallest absolute Gasteiger partial charge is 0.175 e. The highest BCUT2D eigenvalue weighted by molar-refractivity contribution is 7.90. The minimum atomic E-state index is -3.28. The van der Waals surface area contributed by atoms with Crippen molar-refractivity contribution in [2.45, 2.75) is 11.4 Å². The lowest BCUT2D eigenvalue weighted by Crippen LogP contribution is -2.02. The maximum Gasteiger partial charge on any atom is 0.175 e. The second-order valence-electron chi connectivity index (χ2n) is 4.72. The molecule has 1 N–H and O–H groups in total. The molecule has 0 atom stereocenters. The van der Waals surface area contributed by atoms with Crippen LogP contribution in [0.25, 0.3) is 0 Å². The fraction of sp³-hybridized carbons (Fsp3) is 0.214. The maximum absolute atomic E-state index is 11.5. The Bertz CT molecular complexity index is 819. The third kappa shape index (κ3) is 3.57. The third-order valence-electron chi connectivity index (χ3n) is 3.03. The van der Waals surface area contributed by atoms with E-state index in [-0.39, 0.29) is 4.90 Å². The largest absolute Gasteiger partial charge is 0.380 e. The van der Waals surface area contributed by atoms with Crippen molar-refractivity contribution >= 4 is 27.1 Å². The van der Waals surface area contributed by atoms with Crippen LogP contribution < -0.4 is 5.32 Å². The molecule has 0 amide bonds. The zero-order chi connectivity index (χ0) is 15.6. The molecule has 0 aliphatic carbocycles. The predicted octanol–water partition coefficient (Wildman–Crippen LogP) is 2.57. The summed E-state index contributed by atoms with van der Waals surface area (Å²) in [5.74, 6) is 0. The van der Waals surface area contributed by atoms with Gasteiger partial charge < -0.3 is 9.88 Å². The number of hydrogen-bond donors (Lipinski definition) is 1. The lowest BCUT2D eigenvalue weighted by molar-refractivity contribution is 0.602. The van der Waals surface area contributed by atoms with Gasteiger partial charge >= 0.3 is 0 Å². The molecule has 1 heterocycles. The van der Waals surface area contributed by atoms with Gasteiger partial charge in [-0.25, -0.2) is 8.42 Å². The molecule has 0 unspecified atom stereocenters. The number of hydrogen-bond acceptors (Lipinski definition) is 4. The normalized spacial score (nSPS) is 11.1. The van der Waals surface area contributed by atoms with Crippen molar-refractivity contribution in [1.29, 1.82) is 5.26 Å². The number of anilines is 1. The van der Waals surface area contributed by atoms with Gasteiger partial charge in [0.15, 0.2) is 9.84 Å². The Balaban J connectivity index is 2.21. The molecule has 0 saturated carbocycles. The van der Waals surface area contributed by atoms with Gasteiger partial charge in [0.25, 0.3) is 0 Å². The number of aromatic nitrogens is 1. The zero-order valence-corrected chi connectivity index (χ0v) is 13.2. The average Bonchev–Trinajstić information content (AvgIpc) is 2.77. The first kappa shape index (κ1) is 15.4. The average molecular weight is 324 g/mol. The Labute approximate surface area is 128 Å². The summed E-state index contributed by atoms with van der Waals surface area (Å²) in [6.45, 7) is 0.447. The molecule has 0 aliphatic rings. The fourth-order valence-electron chi connectivity index (χ4n) is 1.91. The van der Waals surface area contributed by atoms with Crippen LogP contribution in [0.1, 0.15) is 11.3 Å². The number of rotatable bonds is 4. The molecule has 0 saturated heterocycles. The van der Waals surface area contributed by atoms with Gasteiger partial charge in [0.1, 0.15) is 11.8 Å². The summed E-state index contributed by atoms with van der Waals surface area (Å²) in [4.78, 5) is 0.208. The minimum Gasteiger partial charge on any atom is -0.380 e. The number of nitrogens with zero attached hydrogens (tertiary/aromatic N) is 2. The van der Waals surface area contributed by atoms with Crippen LogP contribution in [0.4, 0.5) is 5.69 Å². The Hall–Kier alpha value is -1.97. The fourth-order valence-corrected chi connectivity index (χ4v) is 2.74. The van der Waals surface area contributed by atoms with E-state index >= 15 is 0 Å². The van der Waals surface area contributed by atoms with Crippen LogP contribution in [0.3, 0.4) is 0 Å². The van der Waals surface area contributed by atoms with Crippen LogP contribution in [0.15, 0.2) is 35.4 Å². The van der Waals surface area contributed by atoms with Crippen molar-refractivity contribution in [2.75, 3.05) is 11.6 Å². The molecule has 21 heavy (non-hydrogen) atoms. The van der Waals surface area contributed by atoms with Gasteiger partial charge in [-0.2, -0.15) is 5.26 Å². The Morgan fingerprint density at radius 1 is 1.38 bits per heavy atom. The number of nitrogens with one attached hydrogen (secondary N) is 1. The Kier molecular flexibility index (Phi) is 4.26.